The van der Waals surface area contributed by atoms with Gasteiger partial charge in [0.2, 0.25) is 5.95 Å². The fourth-order valence-corrected chi connectivity index (χ4v) is 3.62. The third kappa shape index (κ3) is 3.65. The van der Waals surface area contributed by atoms with Crippen LogP contribution in [-0.4, -0.2) is 64.4 Å². The van der Waals surface area contributed by atoms with Gasteiger partial charge in [0.05, 0.1) is 19.8 Å². The van der Waals surface area contributed by atoms with E-state index >= 15 is 0 Å². The summed E-state index contributed by atoms with van der Waals surface area (Å²) in [4.78, 5) is 19.3. The number of amides is 1. The lowest BCUT2D eigenvalue weighted by molar-refractivity contribution is 0.0931. The molecule has 0 aliphatic carbocycles. The Hall–Kier alpha value is -3.43. The molecular weight excluding hydrogens is 374 g/mol. The summed E-state index contributed by atoms with van der Waals surface area (Å²) in [6, 6.07) is 5.59. The van der Waals surface area contributed by atoms with E-state index in [1.165, 1.54) is 0 Å². The van der Waals surface area contributed by atoms with Crippen molar-refractivity contribution in [2.45, 2.75) is 18.9 Å². The van der Waals surface area contributed by atoms with Gasteiger partial charge in [-0.25, -0.2) is 4.68 Å². The first-order valence-corrected chi connectivity index (χ1v) is 9.39. The van der Waals surface area contributed by atoms with E-state index in [9.17, 15) is 4.79 Å². The van der Waals surface area contributed by atoms with E-state index in [0.29, 0.717) is 22.6 Å². The van der Waals surface area contributed by atoms with Crippen LogP contribution < -0.4 is 19.7 Å². The van der Waals surface area contributed by atoms with Crippen molar-refractivity contribution in [2.75, 3.05) is 32.2 Å². The maximum atomic E-state index is 12.7. The Kier molecular flexibility index (Phi) is 5.15. The average Bonchev–Trinajstić information content (AvgIpc) is 3.18. The van der Waals surface area contributed by atoms with Crippen LogP contribution in [0.15, 0.2) is 24.4 Å². The van der Waals surface area contributed by atoms with Crippen LogP contribution in [0.2, 0.25) is 0 Å². The first kappa shape index (κ1) is 18.9. The number of anilines is 1. The molecule has 1 saturated heterocycles. The van der Waals surface area contributed by atoms with Crippen molar-refractivity contribution in [2.24, 2.45) is 7.05 Å². The lowest BCUT2D eigenvalue weighted by Crippen LogP contribution is -2.45. The number of methoxy groups -OCH3 is 2. The van der Waals surface area contributed by atoms with Crippen LogP contribution >= 0.6 is 0 Å². The number of aromatic nitrogens is 5. The molecule has 0 unspecified atom stereocenters. The number of fused-ring (bicyclic) bond motifs is 1. The topological polar surface area (TPSA) is 107 Å². The lowest BCUT2D eigenvalue weighted by Gasteiger charge is -2.32. The number of nitrogens with one attached hydrogen (secondary N) is 1. The van der Waals surface area contributed by atoms with E-state index in [-0.39, 0.29) is 11.9 Å². The van der Waals surface area contributed by atoms with Gasteiger partial charge in [-0.05, 0) is 41.5 Å². The Bertz CT molecular complexity index is 1030. The van der Waals surface area contributed by atoms with Crippen molar-refractivity contribution in [3.63, 3.8) is 0 Å². The summed E-state index contributed by atoms with van der Waals surface area (Å²) >= 11 is 0. The van der Waals surface area contributed by atoms with E-state index in [4.69, 9.17) is 9.47 Å². The molecule has 0 atom stereocenters. The SMILES string of the molecule is COc1ccc2cc(C(=O)NC3CCN(c4nnnn4C)CC3)cnc2c1OC. The van der Waals surface area contributed by atoms with E-state index < -0.39 is 0 Å². The fourth-order valence-electron chi connectivity index (χ4n) is 3.62. The molecule has 10 heteroatoms. The molecule has 1 aliphatic rings. The quantitative estimate of drug-likeness (QED) is 0.684. The fraction of sp³-hybridized carbons (Fsp3) is 0.421. The highest BCUT2D eigenvalue weighted by atomic mass is 16.5. The van der Waals surface area contributed by atoms with Crippen molar-refractivity contribution in [1.82, 2.24) is 30.5 Å². The van der Waals surface area contributed by atoms with Crippen LogP contribution in [0.3, 0.4) is 0 Å². The van der Waals surface area contributed by atoms with Crippen molar-refractivity contribution >= 4 is 22.8 Å². The minimum atomic E-state index is -0.132. The first-order chi connectivity index (χ1) is 14.1. The summed E-state index contributed by atoms with van der Waals surface area (Å²) in [5.74, 6) is 1.78. The molecule has 1 amide bonds. The maximum Gasteiger partial charge on any atom is 0.253 e. The van der Waals surface area contributed by atoms with Crippen molar-refractivity contribution in [3.05, 3.63) is 30.0 Å². The summed E-state index contributed by atoms with van der Waals surface area (Å²) < 4.78 is 12.4. The van der Waals surface area contributed by atoms with Gasteiger partial charge in [-0.3, -0.25) is 9.78 Å². The minimum absolute atomic E-state index is 0.0982. The van der Waals surface area contributed by atoms with Crippen LogP contribution in [-0.2, 0) is 7.05 Å². The number of carbonyl (C=O) groups excluding carboxylic acids is 1. The van der Waals surface area contributed by atoms with Gasteiger partial charge in [-0.1, -0.05) is 5.10 Å². The molecule has 1 aliphatic heterocycles. The zero-order chi connectivity index (χ0) is 20.4. The first-order valence-electron chi connectivity index (χ1n) is 9.39. The van der Waals surface area contributed by atoms with Gasteiger partial charge in [0.1, 0.15) is 5.52 Å². The number of hydrogen-bond donors (Lipinski definition) is 1. The number of aryl methyl sites for hydroxylation is 1. The van der Waals surface area contributed by atoms with Gasteiger partial charge in [0, 0.05) is 37.8 Å². The smallest absolute Gasteiger partial charge is 0.253 e. The number of piperidine rings is 1. The number of benzene rings is 1. The molecule has 1 fully saturated rings. The lowest BCUT2D eigenvalue weighted by atomic mass is 10.0. The molecule has 2 aromatic heterocycles. The number of ether oxygens (including phenoxy) is 2. The van der Waals surface area contributed by atoms with E-state index in [2.05, 4.69) is 30.7 Å². The van der Waals surface area contributed by atoms with Gasteiger partial charge in [0.25, 0.3) is 5.91 Å². The molecule has 0 spiro atoms. The molecule has 152 valence electrons. The van der Waals surface area contributed by atoms with Crippen molar-refractivity contribution in [3.8, 4) is 11.5 Å². The third-order valence-corrected chi connectivity index (χ3v) is 5.17. The van der Waals surface area contributed by atoms with Crippen molar-refractivity contribution in [1.29, 1.82) is 0 Å². The Morgan fingerprint density at radius 3 is 2.66 bits per heavy atom. The van der Waals surface area contributed by atoms with Gasteiger partial charge >= 0.3 is 0 Å². The molecule has 3 heterocycles. The highest BCUT2D eigenvalue weighted by molar-refractivity contribution is 5.98. The van der Waals surface area contributed by atoms with Gasteiger partial charge in [-0.2, -0.15) is 0 Å². The second kappa shape index (κ2) is 7.90. The molecular formula is C19H23N7O3. The van der Waals surface area contributed by atoms with Gasteiger partial charge in [-0.15, -0.1) is 0 Å². The monoisotopic (exact) mass is 397 g/mol. The molecule has 0 radical (unpaired) electrons. The van der Waals surface area contributed by atoms with E-state index in [1.54, 1.807) is 25.1 Å². The van der Waals surface area contributed by atoms with Crippen LogP contribution in [0.5, 0.6) is 11.5 Å². The summed E-state index contributed by atoms with van der Waals surface area (Å²) in [5, 5.41) is 15.5. The summed E-state index contributed by atoms with van der Waals surface area (Å²) in [6.45, 7) is 1.57. The van der Waals surface area contributed by atoms with Crippen molar-refractivity contribution < 1.29 is 14.3 Å². The second-order valence-electron chi connectivity index (χ2n) is 6.93. The number of rotatable bonds is 5. The zero-order valence-corrected chi connectivity index (χ0v) is 16.6. The van der Waals surface area contributed by atoms with Crippen LogP contribution in [0, 0.1) is 0 Å². The highest BCUT2D eigenvalue weighted by Crippen LogP contribution is 2.34. The van der Waals surface area contributed by atoms with E-state index in [1.807, 2.05) is 25.2 Å². The zero-order valence-electron chi connectivity index (χ0n) is 16.6. The van der Waals surface area contributed by atoms with Gasteiger partial charge in [0.15, 0.2) is 11.5 Å². The number of tetrazole rings is 1. The highest BCUT2D eigenvalue weighted by Gasteiger charge is 2.24. The predicted octanol–water partition coefficient (Wildman–Crippen LogP) is 1.17. The van der Waals surface area contributed by atoms with Crippen LogP contribution in [0.1, 0.15) is 23.2 Å². The number of hydrogen-bond acceptors (Lipinski definition) is 8. The Morgan fingerprint density at radius 1 is 1.21 bits per heavy atom. The van der Waals surface area contributed by atoms with Gasteiger partial charge < -0.3 is 19.7 Å². The Balaban J connectivity index is 1.44. The molecule has 10 nitrogen and oxygen atoms in total. The normalized spacial score (nSPS) is 14.8. The number of carbonyl (C=O) groups is 1. The molecule has 0 saturated carbocycles. The van der Waals surface area contributed by atoms with E-state index in [0.717, 1.165) is 37.3 Å². The molecule has 1 N–H and O–H groups in total. The molecule has 1 aromatic carbocycles. The maximum absolute atomic E-state index is 12.7. The minimum Gasteiger partial charge on any atom is -0.493 e. The number of nitrogens with zero attached hydrogens (tertiary/aromatic N) is 6. The largest absolute Gasteiger partial charge is 0.493 e. The summed E-state index contributed by atoms with van der Waals surface area (Å²) in [6.07, 6.45) is 3.22. The standard InChI is InChI=1S/C19H23N7O3/c1-25-19(22-23-24-25)26-8-6-14(7-9-26)21-18(27)13-10-12-4-5-15(28-2)17(29-3)16(12)20-11-13/h4-5,10-11,14H,6-9H2,1-3H3,(H,21,27). The Labute approximate surface area is 167 Å². The molecule has 4 rings (SSSR count). The molecule has 0 bridgehead atoms. The predicted molar refractivity (Wildman–Crippen MR) is 106 cm³/mol. The average molecular weight is 397 g/mol. The summed E-state index contributed by atoms with van der Waals surface area (Å²) in [7, 11) is 4.97. The Morgan fingerprint density at radius 2 is 2.00 bits per heavy atom. The third-order valence-electron chi connectivity index (χ3n) is 5.17. The molecule has 29 heavy (non-hydrogen) atoms. The summed E-state index contributed by atoms with van der Waals surface area (Å²) in [5.41, 5.74) is 1.18. The molecule has 3 aromatic rings. The van der Waals surface area contributed by atoms with Crippen LogP contribution in [0.25, 0.3) is 10.9 Å². The number of pyridine rings is 1. The second-order valence-corrected chi connectivity index (χ2v) is 6.93. The van der Waals surface area contributed by atoms with Crippen LogP contribution in [0.4, 0.5) is 5.95 Å².